The van der Waals surface area contributed by atoms with Gasteiger partial charge in [0.1, 0.15) is 0 Å². The van der Waals surface area contributed by atoms with Gasteiger partial charge in [-0.1, -0.05) is 36.8 Å². The van der Waals surface area contributed by atoms with Gasteiger partial charge in [-0.2, -0.15) is 4.89 Å². The van der Waals surface area contributed by atoms with Crippen LogP contribution in [0.1, 0.15) is 38.2 Å². The van der Waals surface area contributed by atoms with Crippen LogP contribution in [0.4, 0.5) is 0 Å². The Hall–Kier alpha value is -1.78. The molecule has 7 heteroatoms. The summed E-state index contributed by atoms with van der Waals surface area (Å²) in [5.41, 5.74) is 1.15. The quantitative estimate of drug-likeness (QED) is 0.445. The van der Waals surface area contributed by atoms with E-state index >= 15 is 0 Å². The topological polar surface area (TPSA) is 112 Å². The molecular formula is C16H22O6P+. The molecule has 0 aliphatic carbocycles. The standard InChI is InChI=1S/C16H21O6P/c1-16(15(19)20,23(21)22)13(11-14(17)18)10-6-5-9-12-7-3-2-4-8-12/h2-4,7-8,13H,5-6,9-11H2,1H3,(H2-,17,18,19,20,21,22)/p+1. The van der Waals surface area contributed by atoms with Crippen LogP contribution < -0.4 is 0 Å². The minimum absolute atomic E-state index is 0.281. The van der Waals surface area contributed by atoms with Crippen molar-refractivity contribution in [3.63, 3.8) is 0 Å². The molecule has 0 aliphatic heterocycles. The van der Waals surface area contributed by atoms with Crippen molar-refractivity contribution in [2.45, 2.75) is 44.2 Å². The van der Waals surface area contributed by atoms with Crippen molar-refractivity contribution in [3.05, 3.63) is 35.9 Å². The number of unbranched alkanes of at least 4 members (excludes halogenated alkanes) is 1. The Morgan fingerprint density at radius 1 is 1.17 bits per heavy atom. The van der Waals surface area contributed by atoms with Crippen LogP contribution in [0.5, 0.6) is 0 Å². The maximum absolute atomic E-state index is 11.5. The minimum atomic E-state index is -3.03. The molecule has 0 fully saturated rings. The number of carboxylic acid groups (broad SMARTS) is 2. The number of hydrogen-bond acceptors (Lipinski definition) is 3. The summed E-state index contributed by atoms with van der Waals surface area (Å²) in [5, 5.41) is 16.3. The maximum Gasteiger partial charge on any atom is 0.523 e. The van der Waals surface area contributed by atoms with Crippen LogP contribution in [0.25, 0.3) is 0 Å². The van der Waals surface area contributed by atoms with E-state index in [0.717, 1.165) is 25.3 Å². The van der Waals surface area contributed by atoms with E-state index in [0.29, 0.717) is 6.42 Å². The molecule has 0 radical (unpaired) electrons. The van der Waals surface area contributed by atoms with Gasteiger partial charge in [-0.05, 0) is 36.3 Å². The minimum Gasteiger partial charge on any atom is -0.481 e. The number of carbonyl (C=O) groups is 2. The van der Waals surface area contributed by atoms with Crippen LogP contribution in [-0.4, -0.2) is 32.2 Å². The summed E-state index contributed by atoms with van der Waals surface area (Å²) in [6, 6.07) is 9.75. The number of hydrogen-bond donors (Lipinski definition) is 3. The van der Waals surface area contributed by atoms with Gasteiger partial charge in [-0.3, -0.25) is 4.79 Å². The Morgan fingerprint density at radius 2 is 1.78 bits per heavy atom. The molecule has 0 saturated heterocycles. The van der Waals surface area contributed by atoms with Gasteiger partial charge < -0.3 is 10.2 Å². The van der Waals surface area contributed by atoms with Crippen molar-refractivity contribution in [1.82, 2.24) is 0 Å². The third-order valence-corrected chi connectivity index (χ3v) is 5.51. The van der Waals surface area contributed by atoms with Crippen molar-refractivity contribution in [1.29, 1.82) is 0 Å². The van der Waals surface area contributed by atoms with Crippen LogP contribution in [0.2, 0.25) is 0 Å². The van der Waals surface area contributed by atoms with Crippen molar-refractivity contribution in [2.24, 2.45) is 5.92 Å². The third kappa shape index (κ3) is 5.41. The van der Waals surface area contributed by atoms with E-state index < -0.39 is 37.5 Å². The molecule has 0 spiro atoms. The fraction of sp³-hybridized carbons (Fsp3) is 0.500. The molecule has 0 bridgehead atoms. The van der Waals surface area contributed by atoms with E-state index in [-0.39, 0.29) is 6.42 Å². The molecule has 3 unspecified atom stereocenters. The summed E-state index contributed by atoms with van der Waals surface area (Å²) in [5.74, 6) is -3.49. The zero-order valence-corrected chi connectivity index (χ0v) is 13.9. The van der Waals surface area contributed by atoms with Crippen molar-refractivity contribution in [3.8, 4) is 0 Å². The van der Waals surface area contributed by atoms with Gasteiger partial charge in [-0.25, -0.2) is 4.79 Å². The number of aryl methyl sites for hydroxylation is 1. The molecule has 1 aromatic rings. The molecular weight excluding hydrogens is 319 g/mol. The van der Waals surface area contributed by atoms with Gasteiger partial charge in [0.25, 0.3) is 5.16 Å². The molecule has 1 aromatic carbocycles. The molecule has 0 heterocycles. The predicted octanol–water partition coefficient (Wildman–Crippen LogP) is 3.07. The first kappa shape index (κ1) is 19.3. The summed E-state index contributed by atoms with van der Waals surface area (Å²) in [7, 11) is -3.03. The van der Waals surface area contributed by atoms with Gasteiger partial charge in [0.2, 0.25) is 0 Å². The summed E-state index contributed by atoms with van der Waals surface area (Å²) in [4.78, 5) is 31.8. The predicted molar refractivity (Wildman–Crippen MR) is 85.6 cm³/mol. The molecule has 3 N–H and O–H groups in total. The van der Waals surface area contributed by atoms with Gasteiger partial charge in [0.15, 0.2) is 0 Å². The van der Waals surface area contributed by atoms with Crippen LogP contribution in [0.3, 0.4) is 0 Å². The Labute approximate surface area is 136 Å². The van der Waals surface area contributed by atoms with E-state index in [4.69, 9.17) is 5.11 Å². The Bertz CT molecular complexity index is 543. The van der Waals surface area contributed by atoms with Gasteiger partial charge in [-0.15, -0.1) is 0 Å². The van der Waals surface area contributed by atoms with E-state index in [1.54, 1.807) is 0 Å². The van der Waals surface area contributed by atoms with E-state index in [9.17, 15) is 24.2 Å². The van der Waals surface area contributed by atoms with E-state index in [1.807, 2.05) is 30.3 Å². The largest absolute Gasteiger partial charge is 0.523 e. The second-order valence-electron chi connectivity index (χ2n) is 5.75. The van der Waals surface area contributed by atoms with Gasteiger partial charge in [0.05, 0.1) is 6.42 Å². The van der Waals surface area contributed by atoms with Crippen LogP contribution in [0, 0.1) is 5.92 Å². The van der Waals surface area contributed by atoms with Crippen LogP contribution in [-0.2, 0) is 20.6 Å². The van der Waals surface area contributed by atoms with E-state index in [1.165, 1.54) is 0 Å². The lowest BCUT2D eigenvalue weighted by Crippen LogP contribution is -2.40. The van der Waals surface area contributed by atoms with Crippen LogP contribution >= 0.6 is 8.03 Å². The molecule has 126 valence electrons. The number of aliphatic carboxylic acids is 2. The first-order valence-corrected chi connectivity index (χ1v) is 8.65. The molecule has 3 atom stereocenters. The first-order chi connectivity index (χ1) is 10.8. The van der Waals surface area contributed by atoms with E-state index in [2.05, 4.69) is 0 Å². The van der Waals surface area contributed by atoms with Gasteiger partial charge in [0, 0.05) is 5.92 Å². The second-order valence-corrected chi connectivity index (χ2v) is 7.23. The summed E-state index contributed by atoms with van der Waals surface area (Å²) in [6.07, 6.45) is 2.01. The molecule has 0 aliphatic rings. The fourth-order valence-electron chi connectivity index (χ4n) is 2.57. The van der Waals surface area contributed by atoms with Gasteiger partial charge >= 0.3 is 20.0 Å². The summed E-state index contributed by atoms with van der Waals surface area (Å²) < 4.78 is 11.5. The molecule has 23 heavy (non-hydrogen) atoms. The molecule has 1 rings (SSSR count). The maximum atomic E-state index is 11.5. The Balaban J connectivity index is 2.69. The van der Waals surface area contributed by atoms with Crippen molar-refractivity contribution < 1.29 is 29.3 Å². The zero-order chi connectivity index (χ0) is 17.5. The average molecular weight is 341 g/mol. The highest BCUT2D eigenvalue weighted by molar-refractivity contribution is 7.41. The summed E-state index contributed by atoms with van der Waals surface area (Å²) in [6.45, 7) is 1.15. The Morgan fingerprint density at radius 3 is 2.26 bits per heavy atom. The highest BCUT2D eigenvalue weighted by Crippen LogP contribution is 2.45. The van der Waals surface area contributed by atoms with Crippen molar-refractivity contribution in [2.75, 3.05) is 0 Å². The second kappa shape index (κ2) is 8.75. The number of benzene rings is 1. The molecule has 0 amide bonds. The monoisotopic (exact) mass is 341 g/mol. The third-order valence-electron chi connectivity index (χ3n) is 4.16. The van der Waals surface area contributed by atoms with Crippen LogP contribution in [0.15, 0.2) is 30.3 Å². The lowest BCUT2D eigenvalue weighted by molar-refractivity contribution is -0.143. The molecule has 6 nitrogen and oxygen atoms in total. The highest BCUT2D eigenvalue weighted by Gasteiger charge is 2.58. The number of carboxylic acids is 2. The smallest absolute Gasteiger partial charge is 0.481 e. The normalized spacial score (nSPS) is 15.5. The summed E-state index contributed by atoms with van der Waals surface area (Å²) >= 11 is 0. The lowest BCUT2D eigenvalue weighted by atomic mass is 9.85. The number of rotatable bonds is 10. The fourth-order valence-corrected chi connectivity index (χ4v) is 3.27. The van der Waals surface area contributed by atoms with Crippen molar-refractivity contribution >= 4 is 20.0 Å². The lowest BCUT2D eigenvalue weighted by Gasteiger charge is -2.22. The zero-order valence-electron chi connectivity index (χ0n) is 13.0. The SMILES string of the molecule is CC(C(=O)O)(C(CCCCc1ccccc1)CC(=O)O)[P+](=O)O. The molecule has 0 aromatic heterocycles. The highest BCUT2D eigenvalue weighted by atomic mass is 31.1. The first-order valence-electron chi connectivity index (χ1n) is 7.43. The average Bonchev–Trinajstić information content (AvgIpc) is 2.49. The Kier molecular flexibility index (Phi) is 7.33. The molecule has 0 saturated carbocycles.